The Hall–Kier alpha value is -1.33. The Bertz CT molecular complexity index is 526. The number of aryl methyl sites for hydroxylation is 1. The number of furan rings is 1. The Kier molecular flexibility index (Phi) is 4.04. The summed E-state index contributed by atoms with van der Waals surface area (Å²) in [6.07, 6.45) is 3.70. The Labute approximate surface area is 125 Å². The van der Waals surface area contributed by atoms with E-state index in [4.69, 9.17) is 14.9 Å². The minimum Gasteiger partial charge on any atom is -0.465 e. The molecule has 2 N–H and O–H groups in total. The van der Waals surface area contributed by atoms with Crippen LogP contribution in [-0.2, 0) is 11.3 Å². The third kappa shape index (κ3) is 2.85. The van der Waals surface area contributed by atoms with Crippen molar-refractivity contribution < 1.29 is 13.9 Å². The van der Waals surface area contributed by atoms with Crippen LogP contribution < -0.4 is 5.73 Å². The number of methoxy groups -OCH3 is 1. The van der Waals surface area contributed by atoms with Gasteiger partial charge in [0.15, 0.2) is 0 Å². The zero-order valence-corrected chi connectivity index (χ0v) is 12.8. The van der Waals surface area contributed by atoms with Gasteiger partial charge in [-0.3, -0.25) is 4.90 Å². The number of likely N-dealkylation sites (tertiary alicyclic amines) is 1. The molecule has 5 nitrogen and oxygen atoms in total. The van der Waals surface area contributed by atoms with Crippen LogP contribution in [0.15, 0.2) is 10.5 Å². The SMILES string of the molecule is COC(=O)c1cc(CN2CC3CCCC(N)C3C2)oc1C. The molecule has 0 aromatic carbocycles. The van der Waals surface area contributed by atoms with Gasteiger partial charge in [-0.15, -0.1) is 0 Å². The molecular formula is C16H24N2O3. The minimum atomic E-state index is -0.334. The van der Waals surface area contributed by atoms with Gasteiger partial charge in [0.2, 0.25) is 0 Å². The highest BCUT2D eigenvalue weighted by Gasteiger charge is 2.38. The van der Waals surface area contributed by atoms with E-state index in [-0.39, 0.29) is 5.97 Å². The molecule has 2 aliphatic rings. The fourth-order valence-corrected chi connectivity index (χ4v) is 3.89. The van der Waals surface area contributed by atoms with Crippen LogP contribution in [0.1, 0.15) is 41.1 Å². The highest BCUT2D eigenvalue weighted by molar-refractivity contribution is 5.90. The van der Waals surface area contributed by atoms with Crippen molar-refractivity contribution in [2.45, 2.75) is 38.8 Å². The number of esters is 1. The molecule has 1 saturated heterocycles. The maximum absolute atomic E-state index is 11.6. The average molecular weight is 292 g/mol. The van der Waals surface area contributed by atoms with Crippen LogP contribution in [0.4, 0.5) is 0 Å². The quantitative estimate of drug-likeness (QED) is 0.862. The predicted octanol–water partition coefficient (Wildman–Crippen LogP) is 1.93. The van der Waals surface area contributed by atoms with Gasteiger partial charge >= 0.3 is 5.97 Å². The molecule has 1 aromatic heterocycles. The molecule has 1 aliphatic carbocycles. The summed E-state index contributed by atoms with van der Waals surface area (Å²) in [5.74, 6) is 2.48. The average Bonchev–Trinajstić information content (AvgIpc) is 3.02. The van der Waals surface area contributed by atoms with Crippen molar-refractivity contribution >= 4 is 5.97 Å². The van der Waals surface area contributed by atoms with E-state index in [0.717, 1.165) is 37.7 Å². The van der Waals surface area contributed by atoms with Gasteiger partial charge in [0.05, 0.1) is 13.7 Å². The van der Waals surface area contributed by atoms with Gasteiger partial charge in [0, 0.05) is 19.1 Å². The number of rotatable bonds is 3. The second kappa shape index (κ2) is 5.81. The lowest BCUT2D eigenvalue weighted by Crippen LogP contribution is -2.38. The first-order valence-electron chi connectivity index (χ1n) is 7.74. The van der Waals surface area contributed by atoms with Crippen LogP contribution in [0.2, 0.25) is 0 Å². The molecule has 21 heavy (non-hydrogen) atoms. The third-order valence-electron chi connectivity index (χ3n) is 4.98. The molecule has 0 amide bonds. The fourth-order valence-electron chi connectivity index (χ4n) is 3.89. The molecule has 0 radical (unpaired) electrons. The first kappa shape index (κ1) is 14.6. The molecule has 3 rings (SSSR count). The lowest BCUT2D eigenvalue weighted by Gasteiger charge is -2.29. The van der Waals surface area contributed by atoms with Crippen LogP contribution in [0, 0.1) is 18.8 Å². The highest BCUT2D eigenvalue weighted by atomic mass is 16.5. The summed E-state index contributed by atoms with van der Waals surface area (Å²) < 4.78 is 10.5. The monoisotopic (exact) mass is 292 g/mol. The molecule has 2 heterocycles. The maximum atomic E-state index is 11.6. The van der Waals surface area contributed by atoms with Crippen molar-refractivity contribution in [1.29, 1.82) is 0 Å². The summed E-state index contributed by atoms with van der Waals surface area (Å²) in [5.41, 5.74) is 6.78. The standard InChI is InChI=1S/C16H24N2O3/c1-10-13(16(19)20-2)6-12(21-10)8-18-7-11-4-3-5-15(17)14(11)9-18/h6,11,14-15H,3-5,7-9,17H2,1-2H3. The van der Waals surface area contributed by atoms with Gasteiger partial charge in [-0.05, 0) is 37.7 Å². The first-order chi connectivity index (χ1) is 10.1. The molecule has 116 valence electrons. The molecular weight excluding hydrogens is 268 g/mol. The fraction of sp³-hybridized carbons (Fsp3) is 0.688. The van der Waals surface area contributed by atoms with Gasteiger partial charge in [-0.25, -0.2) is 4.79 Å². The van der Waals surface area contributed by atoms with Crippen LogP contribution >= 0.6 is 0 Å². The zero-order valence-electron chi connectivity index (χ0n) is 12.8. The largest absolute Gasteiger partial charge is 0.465 e. The van der Waals surface area contributed by atoms with Gasteiger partial charge in [0.1, 0.15) is 17.1 Å². The van der Waals surface area contributed by atoms with E-state index in [2.05, 4.69) is 4.90 Å². The van der Waals surface area contributed by atoms with Crippen molar-refractivity contribution in [2.24, 2.45) is 17.6 Å². The molecule has 1 aromatic rings. The van der Waals surface area contributed by atoms with E-state index >= 15 is 0 Å². The number of hydrogen-bond donors (Lipinski definition) is 1. The highest BCUT2D eigenvalue weighted by Crippen LogP contribution is 2.36. The van der Waals surface area contributed by atoms with Crippen LogP contribution in [-0.4, -0.2) is 37.1 Å². The molecule has 3 atom stereocenters. The Balaban J connectivity index is 1.66. The summed E-state index contributed by atoms with van der Waals surface area (Å²) >= 11 is 0. The van der Waals surface area contributed by atoms with Crippen molar-refractivity contribution in [1.82, 2.24) is 4.90 Å². The van der Waals surface area contributed by atoms with E-state index in [9.17, 15) is 4.79 Å². The third-order valence-corrected chi connectivity index (χ3v) is 4.98. The number of nitrogens with two attached hydrogens (primary N) is 1. The molecule has 1 aliphatic heterocycles. The topological polar surface area (TPSA) is 68.7 Å². The van der Waals surface area contributed by atoms with E-state index < -0.39 is 0 Å². The summed E-state index contributed by atoms with van der Waals surface area (Å²) in [4.78, 5) is 14.0. The molecule has 2 fully saturated rings. The van der Waals surface area contributed by atoms with E-state index in [1.54, 1.807) is 6.92 Å². The summed E-state index contributed by atoms with van der Waals surface area (Å²) in [6.45, 7) is 4.68. The van der Waals surface area contributed by atoms with Gasteiger partial charge < -0.3 is 14.9 Å². The molecule has 5 heteroatoms. The smallest absolute Gasteiger partial charge is 0.341 e. The Morgan fingerprint density at radius 1 is 1.48 bits per heavy atom. The summed E-state index contributed by atoms with van der Waals surface area (Å²) in [6, 6.07) is 2.15. The normalized spacial score (nSPS) is 29.4. The van der Waals surface area contributed by atoms with Crippen molar-refractivity contribution in [3.05, 3.63) is 23.2 Å². The Morgan fingerprint density at radius 3 is 3.00 bits per heavy atom. The van der Waals surface area contributed by atoms with E-state index in [1.807, 2.05) is 6.07 Å². The molecule has 1 saturated carbocycles. The summed E-state index contributed by atoms with van der Waals surface area (Å²) in [7, 11) is 1.39. The number of fused-ring (bicyclic) bond motifs is 1. The molecule has 0 bridgehead atoms. The van der Waals surface area contributed by atoms with Crippen LogP contribution in [0.3, 0.4) is 0 Å². The zero-order chi connectivity index (χ0) is 15.0. The lowest BCUT2D eigenvalue weighted by molar-refractivity contribution is 0.0599. The van der Waals surface area contributed by atoms with Crippen LogP contribution in [0.5, 0.6) is 0 Å². The van der Waals surface area contributed by atoms with Crippen molar-refractivity contribution in [2.75, 3.05) is 20.2 Å². The van der Waals surface area contributed by atoms with Gasteiger partial charge in [-0.2, -0.15) is 0 Å². The van der Waals surface area contributed by atoms with Gasteiger partial charge in [-0.1, -0.05) is 6.42 Å². The minimum absolute atomic E-state index is 0.334. The number of carbonyl (C=O) groups is 1. The number of nitrogens with zero attached hydrogens (tertiary/aromatic N) is 1. The number of ether oxygens (including phenoxy) is 1. The van der Waals surface area contributed by atoms with Gasteiger partial charge in [0.25, 0.3) is 0 Å². The first-order valence-corrected chi connectivity index (χ1v) is 7.74. The summed E-state index contributed by atoms with van der Waals surface area (Å²) in [5, 5.41) is 0. The predicted molar refractivity (Wildman–Crippen MR) is 78.9 cm³/mol. The van der Waals surface area contributed by atoms with E-state index in [0.29, 0.717) is 23.3 Å². The lowest BCUT2D eigenvalue weighted by atomic mass is 9.78. The van der Waals surface area contributed by atoms with Crippen LogP contribution in [0.25, 0.3) is 0 Å². The Morgan fingerprint density at radius 2 is 2.29 bits per heavy atom. The maximum Gasteiger partial charge on any atom is 0.341 e. The number of hydrogen-bond acceptors (Lipinski definition) is 5. The second-order valence-corrected chi connectivity index (χ2v) is 6.39. The van der Waals surface area contributed by atoms with E-state index in [1.165, 1.54) is 20.0 Å². The number of carbonyl (C=O) groups excluding carboxylic acids is 1. The molecule has 3 unspecified atom stereocenters. The molecule has 0 spiro atoms. The second-order valence-electron chi connectivity index (χ2n) is 6.39. The van der Waals surface area contributed by atoms with Crippen molar-refractivity contribution in [3.63, 3.8) is 0 Å². The van der Waals surface area contributed by atoms with Crippen molar-refractivity contribution in [3.8, 4) is 0 Å².